The Morgan fingerprint density at radius 2 is 1.89 bits per heavy atom. The van der Waals surface area contributed by atoms with Crippen LogP contribution in [0.15, 0.2) is 54.6 Å². The molecule has 0 saturated carbocycles. The fourth-order valence-corrected chi connectivity index (χ4v) is 3.31. The number of nitrogens with zero attached hydrogens (tertiary/aromatic N) is 1. The van der Waals surface area contributed by atoms with Crippen LogP contribution in [0.5, 0.6) is 5.75 Å². The van der Waals surface area contributed by atoms with Crippen molar-refractivity contribution in [2.75, 3.05) is 20.2 Å². The average molecular weight is 368 g/mol. The van der Waals surface area contributed by atoms with Crippen LogP contribution in [-0.4, -0.2) is 37.0 Å². The summed E-state index contributed by atoms with van der Waals surface area (Å²) >= 11 is 0. The Bertz CT molecular complexity index is 781. The number of nitrogens with one attached hydrogen (secondary N) is 1. The van der Waals surface area contributed by atoms with Crippen LogP contribution < -0.4 is 10.1 Å². The van der Waals surface area contributed by atoms with Crippen molar-refractivity contribution in [3.63, 3.8) is 0 Å². The third-order valence-corrected chi connectivity index (χ3v) is 4.82. The summed E-state index contributed by atoms with van der Waals surface area (Å²) in [6, 6.07) is 14.3. The van der Waals surface area contributed by atoms with E-state index >= 15 is 0 Å². The van der Waals surface area contributed by atoms with Crippen LogP contribution in [0, 0.1) is 5.82 Å². The summed E-state index contributed by atoms with van der Waals surface area (Å²) in [4.78, 5) is 14.5. The number of carbonyl (C=O) groups excluding carboxylic acids is 1. The molecule has 3 rings (SSSR count). The zero-order chi connectivity index (χ0) is 19.1. The van der Waals surface area contributed by atoms with Gasteiger partial charge in [-0.3, -0.25) is 9.69 Å². The van der Waals surface area contributed by atoms with Crippen molar-refractivity contribution in [1.82, 2.24) is 10.2 Å². The molecule has 1 fully saturated rings. The molecule has 1 saturated heterocycles. The number of piperidine rings is 1. The first kappa shape index (κ1) is 19.1. The molecule has 0 atom stereocenters. The summed E-state index contributed by atoms with van der Waals surface area (Å²) < 4.78 is 18.3. The zero-order valence-electron chi connectivity index (χ0n) is 15.5. The highest BCUT2D eigenvalue weighted by molar-refractivity contribution is 5.91. The van der Waals surface area contributed by atoms with Crippen LogP contribution in [0.2, 0.25) is 0 Å². The van der Waals surface area contributed by atoms with E-state index in [2.05, 4.69) is 16.3 Å². The van der Waals surface area contributed by atoms with Gasteiger partial charge in [-0.05, 0) is 42.7 Å². The molecular weight excluding hydrogens is 343 g/mol. The number of amides is 1. The molecule has 0 aromatic heterocycles. The molecule has 5 heteroatoms. The molecule has 0 unspecified atom stereocenters. The lowest BCUT2D eigenvalue weighted by Crippen LogP contribution is -2.43. The molecular formula is C22H25FN2O2. The topological polar surface area (TPSA) is 41.6 Å². The molecule has 1 N–H and O–H groups in total. The van der Waals surface area contributed by atoms with E-state index in [1.54, 1.807) is 25.3 Å². The number of likely N-dealkylation sites (tertiary alicyclic amines) is 1. The third-order valence-electron chi connectivity index (χ3n) is 4.82. The van der Waals surface area contributed by atoms with Gasteiger partial charge < -0.3 is 10.1 Å². The van der Waals surface area contributed by atoms with Crippen molar-refractivity contribution >= 4 is 12.0 Å². The van der Waals surface area contributed by atoms with Crippen LogP contribution in [0.4, 0.5) is 4.39 Å². The minimum atomic E-state index is -0.281. The number of ether oxygens (including phenoxy) is 1. The molecule has 1 aliphatic rings. The maximum atomic E-state index is 12.9. The number of para-hydroxylation sites is 1. The van der Waals surface area contributed by atoms with Crippen molar-refractivity contribution in [3.05, 3.63) is 71.6 Å². The highest BCUT2D eigenvalue weighted by Crippen LogP contribution is 2.21. The molecule has 1 heterocycles. The second kappa shape index (κ2) is 9.33. The number of carbonyl (C=O) groups is 1. The van der Waals surface area contributed by atoms with Gasteiger partial charge in [0.05, 0.1) is 7.11 Å². The summed E-state index contributed by atoms with van der Waals surface area (Å²) in [7, 11) is 1.69. The summed E-state index contributed by atoms with van der Waals surface area (Å²) in [5.74, 6) is 0.526. The molecule has 0 bridgehead atoms. The normalized spacial score (nSPS) is 15.8. The number of benzene rings is 2. The van der Waals surface area contributed by atoms with Gasteiger partial charge in [0.15, 0.2) is 0 Å². The third kappa shape index (κ3) is 5.66. The Morgan fingerprint density at radius 1 is 1.19 bits per heavy atom. The first-order valence-corrected chi connectivity index (χ1v) is 9.22. The molecule has 1 aliphatic heterocycles. The molecule has 0 aliphatic carbocycles. The van der Waals surface area contributed by atoms with Gasteiger partial charge >= 0.3 is 0 Å². The quantitative estimate of drug-likeness (QED) is 0.792. The number of hydrogen-bond acceptors (Lipinski definition) is 3. The Hall–Kier alpha value is -2.66. The van der Waals surface area contributed by atoms with E-state index in [-0.39, 0.29) is 17.8 Å². The monoisotopic (exact) mass is 368 g/mol. The van der Waals surface area contributed by atoms with Gasteiger partial charge in [-0.1, -0.05) is 30.3 Å². The van der Waals surface area contributed by atoms with Crippen molar-refractivity contribution in [2.24, 2.45) is 0 Å². The van der Waals surface area contributed by atoms with Gasteiger partial charge in [-0.25, -0.2) is 4.39 Å². The zero-order valence-corrected chi connectivity index (χ0v) is 15.5. The first-order valence-electron chi connectivity index (χ1n) is 9.22. The van der Waals surface area contributed by atoms with E-state index in [1.807, 2.05) is 18.2 Å². The van der Waals surface area contributed by atoms with Crippen molar-refractivity contribution in [2.45, 2.75) is 25.4 Å². The Labute approximate surface area is 159 Å². The maximum absolute atomic E-state index is 12.9. The Morgan fingerprint density at radius 3 is 2.59 bits per heavy atom. The minimum absolute atomic E-state index is 0.109. The van der Waals surface area contributed by atoms with Crippen LogP contribution in [0.1, 0.15) is 24.0 Å². The fraction of sp³-hybridized carbons (Fsp3) is 0.318. The van der Waals surface area contributed by atoms with E-state index < -0.39 is 0 Å². The molecule has 2 aromatic rings. The number of methoxy groups -OCH3 is 1. The van der Waals surface area contributed by atoms with Gasteiger partial charge in [0, 0.05) is 37.3 Å². The molecule has 4 nitrogen and oxygen atoms in total. The molecule has 2 aromatic carbocycles. The highest BCUT2D eigenvalue weighted by atomic mass is 19.1. The van der Waals surface area contributed by atoms with E-state index in [0.29, 0.717) is 0 Å². The molecule has 0 radical (unpaired) electrons. The van der Waals surface area contributed by atoms with E-state index in [0.717, 1.165) is 43.8 Å². The van der Waals surface area contributed by atoms with Crippen LogP contribution in [0.25, 0.3) is 6.08 Å². The lowest BCUT2D eigenvalue weighted by molar-refractivity contribution is -0.117. The van der Waals surface area contributed by atoms with Crippen molar-refractivity contribution < 1.29 is 13.9 Å². The fourth-order valence-electron chi connectivity index (χ4n) is 3.31. The van der Waals surface area contributed by atoms with Crippen LogP contribution in [0.3, 0.4) is 0 Å². The summed E-state index contributed by atoms with van der Waals surface area (Å²) in [6.07, 6.45) is 5.05. The SMILES string of the molecule is COc1ccccc1CN1CCC(NC(=O)C=Cc2ccc(F)cc2)CC1. The number of rotatable bonds is 6. The largest absolute Gasteiger partial charge is 0.496 e. The summed E-state index contributed by atoms with van der Waals surface area (Å²) in [5.41, 5.74) is 1.99. The Balaban J connectivity index is 1.45. The van der Waals surface area contributed by atoms with Gasteiger partial charge in [-0.2, -0.15) is 0 Å². The predicted octanol–water partition coefficient (Wildman–Crippen LogP) is 3.63. The smallest absolute Gasteiger partial charge is 0.244 e. The highest BCUT2D eigenvalue weighted by Gasteiger charge is 2.20. The van der Waals surface area contributed by atoms with E-state index in [4.69, 9.17) is 4.74 Å². The van der Waals surface area contributed by atoms with Gasteiger partial charge in [-0.15, -0.1) is 0 Å². The van der Waals surface area contributed by atoms with E-state index in [9.17, 15) is 9.18 Å². The molecule has 27 heavy (non-hydrogen) atoms. The van der Waals surface area contributed by atoms with Gasteiger partial charge in [0.25, 0.3) is 0 Å². The minimum Gasteiger partial charge on any atom is -0.496 e. The van der Waals surface area contributed by atoms with Crippen LogP contribution >= 0.6 is 0 Å². The van der Waals surface area contributed by atoms with Gasteiger partial charge in [0.1, 0.15) is 11.6 Å². The number of hydrogen-bond donors (Lipinski definition) is 1. The second-order valence-corrected chi connectivity index (χ2v) is 6.76. The lowest BCUT2D eigenvalue weighted by Gasteiger charge is -2.32. The average Bonchev–Trinajstić information content (AvgIpc) is 2.69. The van der Waals surface area contributed by atoms with Crippen LogP contribution in [-0.2, 0) is 11.3 Å². The second-order valence-electron chi connectivity index (χ2n) is 6.76. The van der Waals surface area contributed by atoms with E-state index in [1.165, 1.54) is 23.8 Å². The number of halogens is 1. The summed E-state index contributed by atoms with van der Waals surface area (Å²) in [5, 5.41) is 3.06. The van der Waals surface area contributed by atoms with Crippen molar-refractivity contribution in [3.8, 4) is 5.75 Å². The first-order chi connectivity index (χ1) is 13.1. The summed E-state index contributed by atoms with van der Waals surface area (Å²) in [6.45, 7) is 2.73. The Kier molecular flexibility index (Phi) is 6.60. The van der Waals surface area contributed by atoms with Crippen molar-refractivity contribution in [1.29, 1.82) is 0 Å². The lowest BCUT2D eigenvalue weighted by atomic mass is 10.0. The standard InChI is InChI=1S/C22H25FN2O2/c1-27-21-5-3-2-4-18(21)16-25-14-12-20(13-15-25)24-22(26)11-8-17-6-9-19(23)10-7-17/h2-11,20H,12-16H2,1H3,(H,24,26). The van der Waals surface area contributed by atoms with Gasteiger partial charge in [0.2, 0.25) is 5.91 Å². The molecule has 1 amide bonds. The molecule has 142 valence electrons. The maximum Gasteiger partial charge on any atom is 0.244 e. The predicted molar refractivity (Wildman–Crippen MR) is 105 cm³/mol. The molecule has 0 spiro atoms.